The van der Waals surface area contributed by atoms with Gasteiger partial charge in [0.05, 0.1) is 12.2 Å². The predicted octanol–water partition coefficient (Wildman–Crippen LogP) is 2.87. The topological polar surface area (TPSA) is 32.7 Å². The molecule has 1 fully saturated rings. The molecule has 1 saturated heterocycles. The van der Waals surface area contributed by atoms with E-state index in [2.05, 4.69) is 11.8 Å². The van der Waals surface area contributed by atoms with Gasteiger partial charge in [-0.25, -0.2) is 0 Å². The van der Waals surface area contributed by atoms with E-state index in [0.29, 0.717) is 5.02 Å². The van der Waals surface area contributed by atoms with Crippen LogP contribution in [0.4, 0.5) is 0 Å². The van der Waals surface area contributed by atoms with Gasteiger partial charge in [-0.15, -0.1) is 0 Å². The Labute approximate surface area is 120 Å². The van der Waals surface area contributed by atoms with E-state index in [1.54, 1.807) is 0 Å². The van der Waals surface area contributed by atoms with Crippen LogP contribution in [0.1, 0.15) is 31.4 Å². The van der Waals surface area contributed by atoms with Gasteiger partial charge in [0.1, 0.15) is 0 Å². The number of halogens is 1. The summed E-state index contributed by atoms with van der Waals surface area (Å²) in [5.74, 6) is 0. The minimum absolute atomic E-state index is 0.287. The molecule has 2 atom stereocenters. The number of hydrogen-bond acceptors (Lipinski definition) is 3. The van der Waals surface area contributed by atoms with E-state index in [0.717, 1.165) is 44.6 Å². The summed E-state index contributed by atoms with van der Waals surface area (Å²) < 4.78 is 5.62. The molecular formula is C15H22ClNO2. The second kappa shape index (κ2) is 7.25. The first-order valence-electron chi connectivity index (χ1n) is 6.92. The number of aliphatic hydroxyl groups is 1. The summed E-state index contributed by atoms with van der Waals surface area (Å²) in [5.41, 5.74) is 0.934. The molecule has 0 aromatic heterocycles. The van der Waals surface area contributed by atoms with Gasteiger partial charge in [0.25, 0.3) is 0 Å². The van der Waals surface area contributed by atoms with Crippen LogP contribution < -0.4 is 0 Å². The maximum atomic E-state index is 10.2. The average Bonchev–Trinajstić information content (AvgIpc) is 2.61. The number of benzene rings is 1. The molecule has 0 amide bonds. The van der Waals surface area contributed by atoms with E-state index in [1.807, 2.05) is 24.3 Å². The van der Waals surface area contributed by atoms with E-state index >= 15 is 0 Å². The number of nitrogens with zero attached hydrogens (tertiary/aromatic N) is 1. The van der Waals surface area contributed by atoms with Gasteiger partial charge in [0.2, 0.25) is 0 Å². The van der Waals surface area contributed by atoms with Crippen LogP contribution in [0.25, 0.3) is 0 Å². The van der Waals surface area contributed by atoms with Crippen molar-refractivity contribution in [2.24, 2.45) is 0 Å². The Morgan fingerprint density at radius 2 is 2.16 bits per heavy atom. The third-order valence-corrected chi connectivity index (χ3v) is 3.76. The Morgan fingerprint density at radius 3 is 2.89 bits per heavy atom. The second-order valence-electron chi connectivity index (χ2n) is 5.19. The van der Waals surface area contributed by atoms with Crippen LogP contribution in [-0.2, 0) is 4.74 Å². The highest BCUT2D eigenvalue weighted by Gasteiger charge is 2.16. The molecule has 0 radical (unpaired) electrons. The fourth-order valence-corrected chi connectivity index (χ4v) is 2.57. The molecule has 3 nitrogen and oxygen atoms in total. The number of aliphatic hydroxyl groups excluding tert-OH is 1. The van der Waals surface area contributed by atoms with Crippen molar-refractivity contribution in [3.63, 3.8) is 0 Å². The van der Waals surface area contributed by atoms with Gasteiger partial charge in [-0.3, -0.25) is 0 Å². The largest absolute Gasteiger partial charge is 0.388 e. The molecule has 106 valence electrons. The van der Waals surface area contributed by atoms with Crippen LogP contribution in [0, 0.1) is 0 Å². The number of hydrogen-bond donors (Lipinski definition) is 1. The van der Waals surface area contributed by atoms with Gasteiger partial charge in [0.15, 0.2) is 0 Å². The monoisotopic (exact) mass is 283 g/mol. The maximum absolute atomic E-state index is 10.2. The van der Waals surface area contributed by atoms with Crippen molar-refractivity contribution >= 4 is 11.6 Å². The third kappa shape index (κ3) is 4.77. The Hall–Kier alpha value is -0.610. The Balaban J connectivity index is 1.82. The molecule has 2 unspecified atom stereocenters. The summed E-state index contributed by atoms with van der Waals surface area (Å²) in [4.78, 5) is 2.37. The zero-order valence-electron chi connectivity index (χ0n) is 11.4. The number of rotatable bonds is 4. The molecule has 4 heteroatoms. The first kappa shape index (κ1) is 14.8. The second-order valence-corrected chi connectivity index (χ2v) is 5.63. The summed E-state index contributed by atoms with van der Waals surface area (Å²) in [5, 5.41) is 10.9. The van der Waals surface area contributed by atoms with Crippen molar-refractivity contribution < 1.29 is 9.84 Å². The fraction of sp³-hybridized carbons (Fsp3) is 0.600. The smallest absolute Gasteiger partial charge is 0.0802 e. The van der Waals surface area contributed by atoms with Crippen LogP contribution in [0.3, 0.4) is 0 Å². The predicted molar refractivity (Wildman–Crippen MR) is 77.5 cm³/mol. The van der Waals surface area contributed by atoms with Gasteiger partial charge in [-0.2, -0.15) is 0 Å². The first-order chi connectivity index (χ1) is 9.15. The lowest BCUT2D eigenvalue weighted by Crippen LogP contribution is -2.31. The fourth-order valence-electron chi connectivity index (χ4n) is 2.44. The molecule has 0 aliphatic carbocycles. The van der Waals surface area contributed by atoms with Crippen LogP contribution in [-0.4, -0.2) is 42.4 Å². The van der Waals surface area contributed by atoms with Crippen molar-refractivity contribution in [3.8, 4) is 0 Å². The molecule has 2 rings (SSSR count). The molecule has 19 heavy (non-hydrogen) atoms. The number of ether oxygens (including phenoxy) is 1. The summed E-state index contributed by atoms with van der Waals surface area (Å²) in [6.07, 6.45) is 1.68. The van der Waals surface area contributed by atoms with Crippen LogP contribution in [0.5, 0.6) is 0 Å². The van der Waals surface area contributed by atoms with Crippen molar-refractivity contribution in [1.29, 1.82) is 0 Å². The van der Waals surface area contributed by atoms with Gasteiger partial charge >= 0.3 is 0 Å². The van der Waals surface area contributed by atoms with E-state index in [-0.39, 0.29) is 6.10 Å². The van der Waals surface area contributed by atoms with Crippen LogP contribution in [0.15, 0.2) is 24.3 Å². The Bertz CT molecular complexity index is 382. The summed E-state index contributed by atoms with van der Waals surface area (Å²) in [6, 6.07) is 7.42. The standard InChI is InChI=1S/C15H22ClNO2/c1-12-11-17(8-2-10-19-12)9-7-15(18)13-3-5-14(16)6-4-13/h3-6,12,15,18H,2,7-11H2,1H3. The van der Waals surface area contributed by atoms with Crippen molar-refractivity contribution in [2.75, 3.05) is 26.2 Å². The molecule has 1 heterocycles. The molecular weight excluding hydrogens is 262 g/mol. The average molecular weight is 284 g/mol. The SMILES string of the molecule is CC1CN(CCC(O)c2ccc(Cl)cc2)CCCO1. The van der Waals surface area contributed by atoms with Crippen molar-refractivity contribution in [1.82, 2.24) is 4.90 Å². The van der Waals surface area contributed by atoms with E-state index in [1.165, 1.54) is 0 Å². The maximum Gasteiger partial charge on any atom is 0.0802 e. The Kier molecular flexibility index (Phi) is 5.64. The third-order valence-electron chi connectivity index (χ3n) is 3.51. The van der Waals surface area contributed by atoms with Gasteiger partial charge in [-0.05, 0) is 37.5 Å². The highest BCUT2D eigenvalue weighted by atomic mass is 35.5. The molecule has 0 spiro atoms. The van der Waals surface area contributed by atoms with Gasteiger partial charge < -0.3 is 14.7 Å². The van der Waals surface area contributed by atoms with E-state index < -0.39 is 6.10 Å². The van der Waals surface area contributed by atoms with Crippen molar-refractivity contribution in [3.05, 3.63) is 34.9 Å². The van der Waals surface area contributed by atoms with Crippen molar-refractivity contribution in [2.45, 2.75) is 32.0 Å². The normalized spacial score (nSPS) is 23.0. The lowest BCUT2D eigenvalue weighted by atomic mass is 10.1. The molecule has 1 aliphatic heterocycles. The summed E-state index contributed by atoms with van der Waals surface area (Å²) >= 11 is 5.85. The molecule has 0 bridgehead atoms. The lowest BCUT2D eigenvalue weighted by molar-refractivity contribution is 0.0644. The van der Waals surface area contributed by atoms with Gasteiger partial charge in [0, 0.05) is 31.3 Å². The highest BCUT2D eigenvalue weighted by molar-refractivity contribution is 6.30. The molecule has 1 N–H and O–H groups in total. The minimum Gasteiger partial charge on any atom is -0.388 e. The summed E-state index contributed by atoms with van der Waals surface area (Å²) in [7, 11) is 0. The van der Waals surface area contributed by atoms with E-state index in [4.69, 9.17) is 16.3 Å². The first-order valence-corrected chi connectivity index (χ1v) is 7.30. The molecule has 1 aromatic rings. The quantitative estimate of drug-likeness (QED) is 0.922. The van der Waals surface area contributed by atoms with Crippen LogP contribution >= 0.6 is 11.6 Å². The lowest BCUT2D eigenvalue weighted by Gasteiger charge is -2.23. The van der Waals surface area contributed by atoms with Gasteiger partial charge in [-0.1, -0.05) is 23.7 Å². The zero-order chi connectivity index (χ0) is 13.7. The Morgan fingerprint density at radius 1 is 1.42 bits per heavy atom. The van der Waals surface area contributed by atoms with E-state index in [9.17, 15) is 5.11 Å². The highest BCUT2D eigenvalue weighted by Crippen LogP contribution is 2.20. The summed E-state index contributed by atoms with van der Waals surface area (Å²) in [6.45, 7) is 5.86. The zero-order valence-corrected chi connectivity index (χ0v) is 12.1. The van der Waals surface area contributed by atoms with Crippen LogP contribution in [0.2, 0.25) is 5.02 Å². The molecule has 1 aromatic carbocycles. The minimum atomic E-state index is -0.420. The molecule has 0 saturated carbocycles. The molecule has 1 aliphatic rings.